The van der Waals surface area contributed by atoms with Gasteiger partial charge in [-0.05, 0) is 0 Å². The summed E-state index contributed by atoms with van der Waals surface area (Å²) in [6, 6.07) is 0. The van der Waals surface area contributed by atoms with Crippen LogP contribution >= 0.6 is 0 Å². The van der Waals surface area contributed by atoms with Crippen LogP contribution in [-0.2, 0) is 20.0 Å². The van der Waals surface area contributed by atoms with Crippen molar-refractivity contribution in [2.24, 2.45) is 0 Å². The first kappa shape index (κ1) is 18.4. The molecule has 2 N–H and O–H groups in total. The summed E-state index contributed by atoms with van der Waals surface area (Å²) >= 11 is 0. The summed E-state index contributed by atoms with van der Waals surface area (Å²) in [5, 5.41) is 0. The topological polar surface area (TPSA) is 92.3 Å². The van der Waals surface area contributed by atoms with Crippen LogP contribution in [0.4, 0.5) is 26.3 Å². The quantitative estimate of drug-likeness (QED) is 0.523. The Hall–Kier alpha value is -0.600. The molecule has 0 atom stereocenters. The van der Waals surface area contributed by atoms with Crippen LogP contribution in [0.2, 0.25) is 0 Å². The third-order valence-electron chi connectivity index (χ3n) is 1.29. The Morgan fingerprint density at radius 2 is 0.947 bits per heavy atom. The molecule has 0 aromatic carbocycles. The molecular formula is C5H8F6N2O4S2. The maximum atomic E-state index is 11.7. The number of nitrogens with one attached hydrogen (secondary N) is 2. The molecule has 116 valence electrons. The molecule has 0 spiro atoms. The predicted molar refractivity (Wildman–Crippen MR) is 50.8 cm³/mol. The summed E-state index contributed by atoms with van der Waals surface area (Å²) in [6.45, 7) is -1.31. The van der Waals surface area contributed by atoms with Crippen molar-refractivity contribution in [2.75, 3.05) is 18.2 Å². The minimum Gasteiger partial charge on any atom is -0.212 e. The molecule has 0 aliphatic carbocycles. The van der Waals surface area contributed by atoms with E-state index in [1.165, 1.54) is 0 Å². The highest BCUT2D eigenvalue weighted by molar-refractivity contribution is 7.90. The average molecular weight is 338 g/mol. The van der Waals surface area contributed by atoms with E-state index < -0.39 is 50.6 Å². The summed E-state index contributed by atoms with van der Waals surface area (Å²) in [6.07, 6.45) is -10.1. The number of hydrogen-bond acceptors (Lipinski definition) is 4. The Balaban J connectivity index is 4.39. The van der Waals surface area contributed by atoms with Gasteiger partial charge in [-0.25, -0.2) is 26.3 Å². The summed E-state index contributed by atoms with van der Waals surface area (Å²) in [4.78, 5) is 0. The Labute approximate surface area is 104 Å². The monoisotopic (exact) mass is 338 g/mol. The smallest absolute Gasteiger partial charge is 0.212 e. The summed E-state index contributed by atoms with van der Waals surface area (Å²) < 4.78 is 116. The average Bonchev–Trinajstić information content (AvgIpc) is 1.90. The molecule has 0 aromatic rings. The highest BCUT2D eigenvalue weighted by Gasteiger charge is 2.36. The fraction of sp³-hybridized carbons (Fsp3) is 1.00. The van der Waals surface area contributed by atoms with E-state index >= 15 is 0 Å². The standard InChI is InChI=1S/C5H8F6N2O4S2/c6-4(7,8)1-18(14,15)12-3-13-19(16,17)2-5(9,10)11/h12-13H,1-3H2. The minimum atomic E-state index is -5.06. The molecule has 0 aliphatic heterocycles. The number of rotatable bonds is 6. The molecule has 0 bridgehead atoms. The molecule has 0 rings (SSSR count). The fourth-order valence-corrected chi connectivity index (χ4v) is 2.52. The molecule has 0 unspecified atom stereocenters. The highest BCUT2D eigenvalue weighted by Crippen LogP contribution is 2.17. The van der Waals surface area contributed by atoms with Gasteiger partial charge in [-0.1, -0.05) is 0 Å². The number of sulfonamides is 2. The van der Waals surface area contributed by atoms with Gasteiger partial charge in [0.25, 0.3) is 0 Å². The zero-order valence-electron chi connectivity index (χ0n) is 8.84. The molecule has 0 saturated carbocycles. The van der Waals surface area contributed by atoms with E-state index in [0.717, 1.165) is 9.44 Å². The second kappa shape index (κ2) is 5.80. The number of hydrogen-bond donors (Lipinski definition) is 2. The lowest BCUT2D eigenvalue weighted by Gasteiger charge is -2.11. The Morgan fingerprint density at radius 3 is 1.16 bits per heavy atom. The number of halogens is 6. The maximum absolute atomic E-state index is 11.7. The summed E-state index contributed by atoms with van der Waals surface area (Å²) in [5.74, 6) is -4.55. The van der Waals surface area contributed by atoms with Gasteiger partial charge in [-0.15, -0.1) is 0 Å². The van der Waals surface area contributed by atoms with E-state index in [2.05, 4.69) is 0 Å². The van der Waals surface area contributed by atoms with Crippen molar-refractivity contribution in [2.45, 2.75) is 12.4 Å². The molecule has 0 fully saturated rings. The van der Waals surface area contributed by atoms with E-state index in [0.29, 0.717) is 0 Å². The molecule has 0 saturated heterocycles. The second-order valence-electron chi connectivity index (χ2n) is 3.21. The van der Waals surface area contributed by atoms with Crippen molar-refractivity contribution >= 4 is 20.0 Å². The van der Waals surface area contributed by atoms with Gasteiger partial charge in [0.15, 0.2) is 11.5 Å². The van der Waals surface area contributed by atoms with E-state index in [1.807, 2.05) is 0 Å². The lowest BCUT2D eigenvalue weighted by molar-refractivity contribution is -0.107. The predicted octanol–water partition coefficient (Wildman–Crippen LogP) is -0.0927. The van der Waals surface area contributed by atoms with Gasteiger partial charge in [0.2, 0.25) is 20.0 Å². The van der Waals surface area contributed by atoms with Crippen molar-refractivity contribution in [3.8, 4) is 0 Å². The van der Waals surface area contributed by atoms with Crippen LogP contribution < -0.4 is 9.44 Å². The third-order valence-corrected chi connectivity index (χ3v) is 3.87. The van der Waals surface area contributed by atoms with Crippen LogP contribution in [0.15, 0.2) is 0 Å². The zero-order valence-corrected chi connectivity index (χ0v) is 10.5. The Kier molecular flexibility index (Phi) is 5.62. The normalized spacial score (nSPS) is 14.6. The molecule has 0 radical (unpaired) electrons. The molecule has 0 aromatic heterocycles. The van der Waals surface area contributed by atoms with Crippen molar-refractivity contribution in [3.63, 3.8) is 0 Å². The van der Waals surface area contributed by atoms with Gasteiger partial charge in [0.1, 0.15) is 0 Å². The van der Waals surface area contributed by atoms with Gasteiger partial charge < -0.3 is 0 Å². The van der Waals surface area contributed by atoms with Crippen LogP contribution in [0.25, 0.3) is 0 Å². The molecule has 19 heavy (non-hydrogen) atoms. The van der Waals surface area contributed by atoms with Gasteiger partial charge >= 0.3 is 12.4 Å². The van der Waals surface area contributed by atoms with E-state index in [1.54, 1.807) is 0 Å². The molecule has 6 nitrogen and oxygen atoms in total. The lowest BCUT2D eigenvalue weighted by Crippen LogP contribution is -2.43. The van der Waals surface area contributed by atoms with Crippen LogP contribution in [0.3, 0.4) is 0 Å². The van der Waals surface area contributed by atoms with Gasteiger partial charge in [0.05, 0.1) is 6.67 Å². The van der Waals surface area contributed by atoms with Crippen molar-refractivity contribution in [1.29, 1.82) is 0 Å². The van der Waals surface area contributed by atoms with Crippen LogP contribution in [0.5, 0.6) is 0 Å². The maximum Gasteiger partial charge on any atom is 0.404 e. The number of alkyl halides is 6. The van der Waals surface area contributed by atoms with Crippen LogP contribution in [-0.4, -0.2) is 47.4 Å². The molecule has 14 heteroatoms. The van der Waals surface area contributed by atoms with Gasteiger partial charge in [-0.2, -0.15) is 26.3 Å². The lowest BCUT2D eigenvalue weighted by atomic mass is 10.8. The summed E-state index contributed by atoms with van der Waals surface area (Å²) in [7, 11) is -9.78. The van der Waals surface area contributed by atoms with Gasteiger partial charge in [-0.3, -0.25) is 0 Å². The Morgan fingerprint density at radius 1 is 0.684 bits per heavy atom. The van der Waals surface area contributed by atoms with Crippen LogP contribution in [0.1, 0.15) is 0 Å². The van der Waals surface area contributed by atoms with E-state index in [-0.39, 0.29) is 0 Å². The van der Waals surface area contributed by atoms with Gasteiger partial charge in [0, 0.05) is 0 Å². The summed E-state index contributed by atoms with van der Waals surface area (Å²) in [5.41, 5.74) is 0. The van der Waals surface area contributed by atoms with Crippen molar-refractivity contribution < 1.29 is 43.2 Å². The Bertz CT molecular complexity index is 447. The largest absolute Gasteiger partial charge is 0.404 e. The molecular weight excluding hydrogens is 330 g/mol. The van der Waals surface area contributed by atoms with E-state index in [9.17, 15) is 43.2 Å². The third kappa shape index (κ3) is 11.0. The van der Waals surface area contributed by atoms with Crippen LogP contribution in [0, 0.1) is 0 Å². The first-order valence-electron chi connectivity index (χ1n) is 4.20. The van der Waals surface area contributed by atoms with E-state index in [4.69, 9.17) is 0 Å². The first-order chi connectivity index (χ1) is 8.12. The SMILES string of the molecule is O=S(=O)(CC(F)(F)F)NCNS(=O)(=O)CC(F)(F)F. The fourth-order valence-electron chi connectivity index (χ4n) is 0.782. The second-order valence-corrected chi connectivity index (χ2v) is 6.83. The first-order valence-corrected chi connectivity index (χ1v) is 7.50. The highest BCUT2D eigenvalue weighted by atomic mass is 32.2. The van der Waals surface area contributed by atoms with Crippen molar-refractivity contribution in [1.82, 2.24) is 9.44 Å². The zero-order chi connectivity index (χ0) is 15.5. The molecule has 0 aliphatic rings. The van der Waals surface area contributed by atoms with Crippen molar-refractivity contribution in [3.05, 3.63) is 0 Å². The molecule has 0 heterocycles. The minimum absolute atomic E-state index is 1.15. The molecule has 0 amide bonds.